The van der Waals surface area contributed by atoms with Gasteiger partial charge in [-0.2, -0.15) is 0 Å². The molecule has 4 nitrogen and oxygen atoms in total. The SMILES string of the molecule is CN=C1S/C(=C/c2ccc(OC)c(Cl)c2)C(=O)N1C. The van der Waals surface area contributed by atoms with E-state index in [1.807, 2.05) is 6.07 Å². The van der Waals surface area contributed by atoms with E-state index in [4.69, 9.17) is 16.3 Å². The number of amidine groups is 1. The first-order valence-corrected chi connectivity index (χ1v) is 6.74. The maximum atomic E-state index is 12.0. The molecule has 1 aliphatic heterocycles. The Bertz CT molecular complexity index is 584. The summed E-state index contributed by atoms with van der Waals surface area (Å²) in [6.45, 7) is 0. The first-order valence-electron chi connectivity index (χ1n) is 5.54. The fraction of sp³-hybridized carbons (Fsp3) is 0.231. The van der Waals surface area contributed by atoms with Gasteiger partial charge in [0.05, 0.1) is 17.0 Å². The minimum atomic E-state index is -0.0578. The molecule has 0 aliphatic carbocycles. The third-order valence-electron chi connectivity index (χ3n) is 2.67. The zero-order valence-corrected chi connectivity index (χ0v) is 12.4. The number of carbonyl (C=O) groups excluding carboxylic acids is 1. The van der Waals surface area contributed by atoms with Crippen LogP contribution in [0.3, 0.4) is 0 Å². The minimum Gasteiger partial charge on any atom is -0.495 e. The average Bonchev–Trinajstić information content (AvgIpc) is 2.67. The second kappa shape index (κ2) is 5.67. The van der Waals surface area contributed by atoms with Crippen molar-refractivity contribution in [1.29, 1.82) is 0 Å². The molecular weight excluding hydrogens is 284 g/mol. The number of nitrogens with zero attached hydrogens (tertiary/aromatic N) is 2. The van der Waals surface area contributed by atoms with Crippen molar-refractivity contribution in [2.45, 2.75) is 0 Å². The maximum absolute atomic E-state index is 12.0. The van der Waals surface area contributed by atoms with Gasteiger partial charge in [-0.25, -0.2) is 0 Å². The number of rotatable bonds is 2. The molecule has 19 heavy (non-hydrogen) atoms. The standard InChI is InChI=1S/C13H13ClN2O2S/c1-15-13-16(2)12(17)11(19-13)7-8-4-5-10(18-3)9(14)6-8/h4-7H,1-3H3/b11-7+,15-13?. The monoisotopic (exact) mass is 296 g/mol. The quantitative estimate of drug-likeness (QED) is 0.788. The normalized spacial score (nSPS) is 19.6. The molecule has 1 aromatic rings. The molecule has 2 rings (SSSR count). The van der Waals surface area contributed by atoms with Gasteiger partial charge in [0.15, 0.2) is 5.17 Å². The topological polar surface area (TPSA) is 41.9 Å². The van der Waals surface area contributed by atoms with E-state index in [0.717, 1.165) is 5.56 Å². The molecule has 1 saturated heterocycles. The van der Waals surface area contributed by atoms with Crippen LogP contribution < -0.4 is 4.74 Å². The molecule has 0 radical (unpaired) electrons. The van der Waals surface area contributed by atoms with Crippen molar-refractivity contribution in [1.82, 2.24) is 4.90 Å². The fourth-order valence-corrected chi connectivity index (χ4v) is 2.87. The van der Waals surface area contributed by atoms with Gasteiger partial charge in [0, 0.05) is 14.1 Å². The Morgan fingerprint density at radius 1 is 1.47 bits per heavy atom. The summed E-state index contributed by atoms with van der Waals surface area (Å²) >= 11 is 7.41. The zero-order chi connectivity index (χ0) is 14.0. The van der Waals surface area contributed by atoms with Crippen LogP contribution in [0.15, 0.2) is 28.1 Å². The lowest BCUT2D eigenvalue weighted by Crippen LogP contribution is -2.23. The van der Waals surface area contributed by atoms with Crippen LogP contribution in [0.5, 0.6) is 5.75 Å². The average molecular weight is 297 g/mol. The van der Waals surface area contributed by atoms with E-state index in [1.165, 1.54) is 16.7 Å². The molecule has 6 heteroatoms. The number of benzene rings is 1. The molecule has 0 saturated carbocycles. The molecule has 0 bridgehead atoms. The largest absolute Gasteiger partial charge is 0.495 e. The molecule has 0 N–H and O–H groups in total. The molecule has 1 heterocycles. The Balaban J connectivity index is 2.32. The van der Waals surface area contributed by atoms with Crippen molar-refractivity contribution in [2.75, 3.05) is 21.2 Å². The second-order valence-corrected chi connectivity index (χ2v) is 5.29. The highest BCUT2D eigenvalue weighted by Gasteiger charge is 2.29. The van der Waals surface area contributed by atoms with E-state index in [9.17, 15) is 4.79 Å². The lowest BCUT2D eigenvalue weighted by atomic mass is 10.2. The number of likely N-dealkylation sites (N-methyl/N-ethyl adjacent to an activating group) is 1. The van der Waals surface area contributed by atoms with Gasteiger partial charge in [-0.3, -0.25) is 14.7 Å². The first kappa shape index (κ1) is 14.0. The molecular formula is C13H13ClN2O2S. The molecule has 1 aromatic carbocycles. The van der Waals surface area contributed by atoms with Crippen LogP contribution in [0.25, 0.3) is 6.08 Å². The summed E-state index contributed by atoms with van der Waals surface area (Å²) in [7, 11) is 4.94. The number of methoxy groups -OCH3 is 1. The summed E-state index contributed by atoms with van der Waals surface area (Å²) in [5.41, 5.74) is 0.854. The lowest BCUT2D eigenvalue weighted by molar-refractivity contribution is -0.121. The van der Waals surface area contributed by atoms with Gasteiger partial charge in [0.25, 0.3) is 5.91 Å². The van der Waals surface area contributed by atoms with E-state index < -0.39 is 0 Å². The van der Waals surface area contributed by atoms with Gasteiger partial charge in [0.2, 0.25) is 0 Å². The maximum Gasteiger partial charge on any atom is 0.266 e. The molecule has 0 unspecified atom stereocenters. The summed E-state index contributed by atoms with van der Waals surface area (Å²) in [5, 5.41) is 1.21. The predicted octanol–water partition coefficient (Wildman–Crippen LogP) is 2.88. The van der Waals surface area contributed by atoms with Crippen LogP contribution in [0.4, 0.5) is 0 Å². The number of hydrogen-bond donors (Lipinski definition) is 0. The number of carbonyl (C=O) groups is 1. The van der Waals surface area contributed by atoms with Gasteiger partial charge >= 0.3 is 0 Å². The summed E-state index contributed by atoms with van der Waals surface area (Å²) < 4.78 is 5.09. The molecule has 0 atom stereocenters. The second-order valence-electron chi connectivity index (χ2n) is 3.87. The van der Waals surface area contributed by atoms with Crippen molar-refractivity contribution in [3.63, 3.8) is 0 Å². The highest BCUT2D eigenvalue weighted by atomic mass is 35.5. The van der Waals surface area contributed by atoms with Crippen molar-refractivity contribution in [3.8, 4) is 5.75 Å². The van der Waals surface area contributed by atoms with Crippen LogP contribution in [0.2, 0.25) is 5.02 Å². The van der Waals surface area contributed by atoms with Crippen molar-refractivity contribution in [3.05, 3.63) is 33.7 Å². The Kier molecular flexibility index (Phi) is 4.17. The Hall–Kier alpha value is -1.46. The number of amides is 1. The van der Waals surface area contributed by atoms with Gasteiger partial charge in [-0.1, -0.05) is 17.7 Å². The van der Waals surface area contributed by atoms with Gasteiger partial charge in [0.1, 0.15) is 5.75 Å². The first-order chi connectivity index (χ1) is 9.06. The van der Waals surface area contributed by atoms with Crippen LogP contribution >= 0.6 is 23.4 Å². The Morgan fingerprint density at radius 3 is 2.74 bits per heavy atom. The third-order valence-corrected chi connectivity index (χ3v) is 4.12. The van der Waals surface area contributed by atoms with E-state index >= 15 is 0 Å². The molecule has 0 spiro atoms. The molecule has 1 amide bonds. The molecule has 1 fully saturated rings. The fourth-order valence-electron chi connectivity index (χ4n) is 1.67. The van der Waals surface area contributed by atoms with Crippen LogP contribution in [-0.2, 0) is 4.79 Å². The minimum absolute atomic E-state index is 0.0578. The highest BCUT2D eigenvalue weighted by Crippen LogP contribution is 2.32. The lowest BCUT2D eigenvalue weighted by Gasteiger charge is -2.05. The number of hydrogen-bond acceptors (Lipinski definition) is 4. The molecule has 100 valence electrons. The summed E-state index contributed by atoms with van der Waals surface area (Å²) in [6, 6.07) is 5.40. The number of ether oxygens (including phenoxy) is 1. The smallest absolute Gasteiger partial charge is 0.266 e. The summed E-state index contributed by atoms with van der Waals surface area (Å²) in [4.78, 5) is 18.2. The van der Waals surface area contributed by atoms with E-state index in [2.05, 4.69) is 4.99 Å². The zero-order valence-electron chi connectivity index (χ0n) is 10.8. The van der Waals surface area contributed by atoms with Crippen molar-refractivity contribution < 1.29 is 9.53 Å². The van der Waals surface area contributed by atoms with Gasteiger partial charge in [-0.15, -0.1) is 0 Å². The number of aliphatic imine (C=N–C) groups is 1. The molecule has 0 aromatic heterocycles. The van der Waals surface area contributed by atoms with Crippen LogP contribution in [0, 0.1) is 0 Å². The van der Waals surface area contributed by atoms with Gasteiger partial charge < -0.3 is 4.74 Å². The van der Waals surface area contributed by atoms with Crippen LogP contribution in [0.1, 0.15) is 5.56 Å². The summed E-state index contributed by atoms with van der Waals surface area (Å²) in [5.74, 6) is 0.555. The van der Waals surface area contributed by atoms with E-state index in [1.54, 1.807) is 39.4 Å². The Labute approximate surface area is 121 Å². The highest BCUT2D eigenvalue weighted by molar-refractivity contribution is 8.18. The van der Waals surface area contributed by atoms with E-state index in [-0.39, 0.29) is 5.91 Å². The summed E-state index contributed by atoms with van der Waals surface area (Å²) in [6.07, 6.45) is 1.80. The van der Waals surface area contributed by atoms with Crippen molar-refractivity contribution in [2.24, 2.45) is 4.99 Å². The van der Waals surface area contributed by atoms with Crippen LogP contribution in [-0.4, -0.2) is 37.2 Å². The van der Waals surface area contributed by atoms with Gasteiger partial charge in [-0.05, 0) is 35.5 Å². The third kappa shape index (κ3) is 2.77. The molecule has 1 aliphatic rings. The Morgan fingerprint density at radius 2 is 2.21 bits per heavy atom. The number of halogens is 1. The predicted molar refractivity (Wildman–Crippen MR) is 79.7 cm³/mol. The number of thioether (sulfide) groups is 1. The van der Waals surface area contributed by atoms with Crippen molar-refractivity contribution >= 4 is 40.5 Å². The van der Waals surface area contributed by atoms with E-state index in [0.29, 0.717) is 20.8 Å².